The average molecular weight is 400 g/mol. The molecule has 0 aliphatic heterocycles. The summed E-state index contributed by atoms with van der Waals surface area (Å²) in [5, 5.41) is 3.79. The van der Waals surface area contributed by atoms with Crippen molar-refractivity contribution in [3.05, 3.63) is 63.3 Å². The normalized spacial score (nSPS) is 12.0. The number of aryl methyl sites for hydroxylation is 1. The van der Waals surface area contributed by atoms with Gasteiger partial charge in [0.25, 0.3) is 5.91 Å². The number of amides is 1. The van der Waals surface area contributed by atoms with Crippen LogP contribution in [-0.4, -0.2) is 18.6 Å². The summed E-state index contributed by atoms with van der Waals surface area (Å²) in [7, 11) is 0. The minimum atomic E-state index is -0.317. The second kappa shape index (κ2) is 8.48. The Morgan fingerprint density at radius 2 is 1.93 bits per heavy atom. The van der Waals surface area contributed by atoms with Crippen molar-refractivity contribution in [2.24, 2.45) is 0 Å². The Hall–Kier alpha value is -2.79. The van der Waals surface area contributed by atoms with Crippen LogP contribution in [0.2, 0.25) is 5.02 Å². The number of ether oxygens (including phenoxy) is 1. The van der Waals surface area contributed by atoms with Crippen LogP contribution in [0.4, 0.5) is 0 Å². The molecule has 1 aromatic heterocycles. The van der Waals surface area contributed by atoms with Crippen molar-refractivity contribution in [2.75, 3.05) is 6.61 Å². The average Bonchev–Trinajstić information content (AvgIpc) is 2.67. The zero-order valence-electron chi connectivity index (χ0n) is 16.0. The van der Waals surface area contributed by atoms with Crippen LogP contribution in [0, 0.1) is 6.92 Å². The van der Waals surface area contributed by atoms with Gasteiger partial charge in [0.15, 0.2) is 12.4 Å². The van der Waals surface area contributed by atoms with Gasteiger partial charge in [-0.15, -0.1) is 0 Å². The lowest BCUT2D eigenvalue weighted by atomic mass is 10.1. The molecule has 0 fully saturated rings. The molecule has 1 heterocycles. The SMILES string of the molecule is CCC(C)NC(=O)COc1c(-c2ccc(Cl)cc2)oc2cc(C)ccc2c1=O. The van der Waals surface area contributed by atoms with Gasteiger partial charge in [0.1, 0.15) is 5.58 Å². The number of nitrogens with one attached hydrogen (secondary N) is 1. The molecule has 1 N–H and O–H groups in total. The van der Waals surface area contributed by atoms with Crippen molar-refractivity contribution in [2.45, 2.75) is 33.2 Å². The van der Waals surface area contributed by atoms with Gasteiger partial charge in [-0.2, -0.15) is 0 Å². The topological polar surface area (TPSA) is 68.5 Å². The van der Waals surface area contributed by atoms with Gasteiger partial charge in [-0.3, -0.25) is 9.59 Å². The van der Waals surface area contributed by atoms with Gasteiger partial charge in [0.2, 0.25) is 11.2 Å². The maximum Gasteiger partial charge on any atom is 0.258 e. The van der Waals surface area contributed by atoms with Crippen molar-refractivity contribution in [3.63, 3.8) is 0 Å². The second-order valence-corrected chi connectivity index (χ2v) is 7.20. The van der Waals surface area contributed by atoms with Crippen LogP contribution in [0.3, 0.4) is 0 Å². The summed E-state index contributed by atoms with van der Waals surface area (Å²) in [6, 6.07) is 12.3. The summed E-state index contributed by atoms with van der Waals surface area (Å²) in [4.78, 5) is 25.2. The maximum absolute atomic E-state index is 13.0. The van der Waals surface area contributed by atoms with Crippen LogP contribution in [0.5, 0.6) is 5.75 Å². The van der Waals surface area contributed by atoms with E-state index in [4.69, 9.17) is 20.8 Å². The van der Waals surface area contributed by atoms with E-state index in [1.807, 2.05) is 26.8 Å². The molecule has 0 spiro atoms. The monoisotopic (exact) mass is 399 g/mol. The zero-order valence-corrected chi connectivity index (χ0v) is 16.8. The number of fused-ring (bicyclic) bond motifs is 1. The Morgan fingerprint density at radius 1 is 1.21 bits per heavy atom. The van der Waals surface area contributed by atoms with E-state index in [9.17, 15) is 9.59 Å². The standard InChI is InChI=1S/C22H22ClNO4/c1-4-14(3)24-19(25)12-27-22-20(26)17-10-5-13(2)11-18(17)28-21(22)15-6-8-16(23)9-7-15/h5-11,14H,4,12H2,1-3H3,(H,24,25). The van der Waals surface area contributed by atoms with Gasteiger partial charge in [-0.1, -0.05) is 24.6 Å². The summed E-state index contributed by atoms with van der Waals surface area (Å²) in [5.74, 6) is -0.00565. The predicted molar refractivity (Wildman–Crippen MR) is 111 cm³/mol. The third-order valence-corrected chi connectivity index (χ3v) is 4.73. The Bertz CT molecular complexity index is 1060. The van der Waals surface area contributed by atoms with Crippen molar-refractivity contribution >= 4 is 28.5 Å². The molecule has 0 aliphatic carbocycles. The first-order chi connectivity index (χ1) is 13.4. The molecule has 3 aromatic rings. The zero-order chi connectivity index (χ0) is 20.3. The van der Waals surface area contributed by atoms with Gasteiger partial charge >= 0.3 is 0 Å². The Kier molecular flexibility index (Phi) is 6.05. The maximum atomic E-state index is 13.0. The second-order valence-electron chi connectivity index (χ2n) is 6.76. The van der Waals surface area contributed by atoms with E-state index >= 15 is 0 Å². The van der Waals surface area contributed by atoms with E-state index in [1.165, 1.54) is 0 Å². The molecule has 0 saturated carbocycles. The third kappa shape index (κ3) is 4.37. The Morgan fingerprint density at radius 3 is 2.61 bits per heavy atom. The quantitative estimate of drug-likeness (QED) is 0.651. The number of carbonyl (C=O) groups is 1. The molecule has 0 saturated heterocycles. The molecule has 6 heteroatoms. The summed E-state index contributed by atoms with van der Waals surface area (Å²) in [6.07, 6.45) is 0.805. The van der Waals surface area contributed by atoms with E-state index in [2.05, 4.69) is 5.32 Å². The first-order valence-corrected chi connectivity index (χ1v) is 9.52. The molecule has 0 aliphatic rings. The van der Waals surface area contributed by atoms with E-state index in [-0.39, 0.29) is 35.5 Å². The number of benzene rings is 2. The summed E-state index contributed by atoms with van der Waals surface area (Å²) in [5.41, 5.74) is 1.76. The highest BCUT2D eigenvalue weighted by molar-refractivity contribution is 6.30. The molecular weight excluding hydrogens is 378 g/mol. The largest absolute Gasteiger partial charge is 0.476 e. The highest BCUT2D eigenvalue weighted by Crippen LogP contribution is 2.31. The fraction of sp³-hybridized carbons (Fsp3) is 0.273. The van der Waals surface area contributed by atoms with Crippen LogP contribution >= 0.6 is 11.6 Å². The number of hydrogen-bond acceptors (Lipinski definition) is 4. The molecule has 5 nitrogen and oxygen atoms in total. The van der Waals surface area contributed by atoms with Crippen LogP contribution in [0.1, 0.15) is 25.8 Å². The molecule has 2 aromatic carbocycles. The van der Waals surface area contributed by atoms with Crippen molar-refractivity contribution < 1.29 is 13.9 Å². The highest BCUT2D eigenvalue weighted by Gasteiger charge is 2.19. The molecule has 3 rings (SSSR count). The van der Waals surface area contributed by atoms with Gasteiger partial charge < -0.3 is 14.5 Å². The van der Waals surface area contributed by atoms with E-state index in [1.54, 1.807) is 36.4 Å². The van der Waals surface area contributed by atoms with Crippen LogP contribution < -0.4 is 15.5 Å². The molecule has 1 atom stereocenters. The van der Waals surface area contributed by atoms with Gasteiger partial charge in [-0.25, -0.2) is 0 Å². The van der Waals surface area contributed by atoms with E-state index in [0.717, 1.165) is 12.0 Å². The number of carbonyl (C=O) groups excluding carboxylic acids is 1. The molecule has 28 heavy (non-hydrogen) atoms. The van der Waals surface area contributed by atoms with Gasteiger partial charge in [-0.05, 0) is 62.2 Å². The van der Waals surface area contributed by atoms with Crippen LogP contribution in [0.15, 0.2) is 51.7 Å². The highest BCUT2D eigenvalue weighted by atomic mass is 35.5. The van der Waals surface area contributed by atoms with Crippen molar-refractivity contribution in [1.82, 2.24) is 5.32 Å². The fourth-order valence-corrected chi connectivity index (χ4v) is 2.89. The predicted octanol–water partition coefficient (Wildman–Crippen LogP) is 4.72. The van der Waals surface area contributed by atoms with Gasteiger partial charge in [0.05, 0.1) is 5.39 Å². The first-order valence-electron chi connectivity index (χ1n) is 9.14. The van der Waals surface area contributed by atoms with Crippen molar-refractivity contribution in [1.29, 1.82) is 0 Å². The lowest BCUT2D eigenvalue weighted by Crippen LogP contribution is -2.36. The lowest BCUT2D eigenvalue weighted by molar-refractivity contribution is -0.123. The molecule has 1 amide bonds. The van der Waals surface area contributed by atoms with Crippen molar-refractivity contribution in [3.8, 4) is 17.1 Å². The first kappa shape index (κ1) is 20.0. The van der Waals surface area contributed by atoms with Crippen LogP contribution in [-0.2, 0) is 4.79 Å². The van der Waals surface area contributed by atoms with Gasteiger partial charge in [0, 0.05) is 16.6 Å². The molecule has 0 radical (unpaired) electrons. The number of rotatable bonds is 6. The summed E-state index contributed by atoms with van der Waals surface area (Å²) >= 11 is 5.97. The third-order valence-electron chi connectivity index (χ3n) is 4.48. The number of halogens is 1. The summed E-state index contributed by atoms with van der Waals surface area (Å²) in [6.45, 7) is 5.53. The molecule has 146 valence electrons. The smallest absolute Gasteiger partial charge is 0.258 e. The summed E-state index contributed by atoms with van der Waals surface area (Å²) < 4.78 is 11.7. The fourth-order valence-electron chi connectivity index (χ4n) is 2.76. The number of hydrogen-bond donors (Lipinski definition) is 1. The van der Waals surface area contributed by atoms with E-state index in [0.29, 0.717) is 21.6 Å². The molecule has 0 bridgehead atoms. The van der Waals surface area contributed by atoms with Crippen LogP contribution in [0.25, 0.3) is 22.3 Å². The minimum absolute atomic E-state index is 0.0120. The van der Waals surface area contributed by atoms with E-state index < -0.39 is 0 Å². The molecular formula is C22H22ClNO4. The Labute approximate surface area is 168 Å². The lowest BCUT2D eigenvalue weighted by Gasteiger charge is -2.14. The molecule has 1 unspecified atom stereocenters. The minimum Gasteiger partial charge on any atom is -0.476 e. The Balaban J connectivity index is 2.05.